The van der Waals surface area contributed by atoms with Crippen LogP contribution in [-0.4, -0.2) is 80.1 Å². The van der Waals surface area contributed by atoms with Crippen LogP contribution in [0, 0.1) is 6.92 Å². The number of aryl methyl sites for hydroxylation is 1. The Morgan fingerprint density at radius 1 is 0.978 bits per heavy atom. The van der Waals surface area contributed by atoms with Gasteiger partial charge in [0.15, 0.2) is 0 Å². The third-order valence-electron chi connectivity index (χ3n) is 9.02. The number of hydrogen-bond donors (Lipinski definition) is 2. The molecule has 2 fully saturated rings. The number of pyridine rings is 2. The second-order valence-corrected chi connectivity index (χ2v) is 13.3. The second-order valence-electron chi connectivity index (χ2n) is 12.1. The highest BCUT2D eigenvalue weighted by Gasteiger charge is 2.26. The van der Waals surface area contributed by atoms with Gasteiger partial charge in [0.25, 0.3) is 5.56 Å². The Kier molecular flexibility index (Phi) is 8.31. The molecule has 0 saturated carbocycles. The quantitative estimate of drug-likeness (QED) is 0.222. The van der Waals surface area contributed by atoms with Crippen molar-refractivity contribution >= 4 is 39.7 Å². The van der Waals surface area contributed by atoms with Crippen molar-refractivity contribution in [2.45, 2.75) is 45.2 Å². The number of benzene rings is 1. The van der Waals surface area contributed by atoms with Crippen LogP contribution in [0.4, 0.5) is 17.3 Å². The van der Waals surface area contributed by atoms with Gasteiger partial charge >= 0.3 is 0 Å². The van der Waals surface area contributed by atoms with E-state index in [0.29, 0.717) is 23.2 Å². The van der Waals surface area contributed by atoms with Crippen LogP contribution in [0.15, 0.2) is 65.8 Å². The molecule has 0 bridgehead atoms. The maximum absolute atomic E-state index is 14.4. The van der Waals surface area contributed by atoms with E-state index in [1.165, 1.54) is 0 Å². The van der Waals surface area contributed by atoms with Gasteiger partial charge in [0.1, 0.15) is 10.7 Å². The highest BCUT2D eigenvalue weighted by Crippen LogP contribution is 2.34. The van der Waals surface area contributed by atoms with Crippen LogP contribution in [0.2, 0.25) is 0 Å². The number of piperidine rings is 1. The molecule has 45 heavy (non-hydrogen) atoms. The smallest absolute Gasteiger partial charge is 0.261 e. The number of nitrogens with one attached hydrogen (secondary N) is 2. The normalized spacial score (nSPS) is 18.1. The minimum Gasteiger partial charge on any atom is -0.381 e. The molecule has 11 heteroatoms. The fourth-order valence-corrected chi connectivity index (χ4v) is 7.45. The number of rotatable bonds is 8. The standard InChI is InChI=1S/C34H39N9OS/c1-4-42-17-12-28(13-18-42)43-31-24(19-29(33(43)44)30-22(2)45-32(39-30)23-9-14-35-15-10-23)20-36-34(40-31)38-26-7-5-25(6-8-26)37-27-11-16-41(3)21-27/h5-10,14-15,19-20,27-28,37H,4,11-13,16-18,21H2,1-3H3,(H,36,38,40). The predicted molar refractivity (Wildman–Crippen MR) is 183 cm³/mol. The van der Waals surface area contributed by atoms with Crippen LogP contribution < -0.4 is 16.2 Å². The first-order chi connectivity index (χ1) is 21.9. The lowest BCUT2D eigenvalue weighted by Crippen LogP contribution is -2.38. The molecule has 2 aliphatic rings. The number of aromatic nitrogens is 5. The molecule has 7 rings (SSSR count). The summed E-state index contributed by atoms with van der Waals surface area (Å²) in [6.45, 7) is 9.32. The van der Waals surface area contributed by atoms with Crippen LogP contribution in [0.3, 0.4) is 0 Å². The highest BCUT2D eigenvalue weighted by molar-refractivity contribution is 7.15. The third-order valence-corrected chi connectivity index (χ3v) is 10.0. The molecule has 6 heterocycles. The van der Waals surface area contributed by atoms with Crippen molar-refractivity contribution in [1.82, 2.24) is 34.3 Å². The number of likely N-dealkylation sites (N-methyl/N-ethyl adjacent to an activating group) is 1. The van der Waals surface area contributed by atoms with E-state index in [0.717, 1.165) is 89.9 Å². The number of hydrogen-bond acceptors (Lipinski definition) is 10. The van der Waals surface area contributed by atoms with E-state index >= 15 is 0 Å². The van der Waals surface area contributed by atoms with Crippen molar-refractivity contribution in [3.63, 3.8) is 0 Å². The topological polar surface area (TPSA) is 104 Å². The van der Waals surface area contributed by atoms with Crippen LogP contribution in [0.25, 0.3) is 32.9 Å². The molecule has 4 aromatic heterocycles. The van der Waals surface area contributed by atoms with Gasteiger partial charge in [-0.25, -0.2) is 9.97 Å². The van der Waals surface area contributed by atoms with Gasteiger partial charge in [-0.2, -0.15) is 4.98 Å². The van der Waals surface area contributed by atoms with E-state index in [4.69, 9.17) is 9.97 Å². The molecular weight excluding hydrogens is 583 g/mol. The van der Waals surface area contributed by atoms with E-state index < -0.39 is 0 Å². The monoisotopic (exact) mass is 621 g/mol. The molecule has 0 radical (unpaired) electrons. The summed E-state index contributed by atoms with van der Waals surface area (Å²) in [6.07, 6.45) is 8.28. The molecule has 0 amide bonds. The zero-order valence-electron chi connectivity index (χ0n) is 26.0. The lowest BCUT2D eigenvalue weighted by atomic mass is 10.0. The summed E-state index contributed by atoms with van der Waals surface area (Å²) in [5.41, 5.74) is 4.91. The Morgan fingerprint density at radius 3 is 2.44 bits per heavy atom. The summed E-state index contributed by atoms with van der Waals surface area (Å²) in [4.78, 5) is 38.9. The first kappa shape index (κ1) is 29.5. The molecule has 2 N–H and O–H groups in total. The predicted octanol–water partition coefficient (Wildman–Crippen LogP) is 5.80. The molecule has 1 atom stereocenters. The summed E-state index contributed by atoms with van der Waals surface area (Å²) >= 11 is 1.59. The van der Waals surface area contributed by atoms with E-state index in [9.17, 15) is 4.79 Å². The van der Waals surface area contributed by atoms with Crippen molar-refractivity contribution in [3.8, 4) is 21.8 Å². The Bertz CT molecular complexity index is 1850. The van der Waals surface area contributed by atoms with E-state index in [-0.39, 0.29) is 11.6 Å². The minimum absolute atomic E-state index is 0.0455. The maximum atomic E-state index is 14.4. The van der Waals surface area contributed by atoms with E-state index in [1.54, 1.807) is 23.7 Å². The molecular formula is C34H39N9OS. The molecule has 1 aromatic carbocycles. The summed E-state index contributed by atoms with van der Waals surface area (Å²) in [5.74, 6) is 0.470. The average Bonchev–Trinajstić information content (AvgIpc) is 3.66. The summed E-state index contributed by atoms with van der Waals surface area (Å²) < 4.78 is 1.92. The molecule has 5 aromatic rings. The van der Waals surface area contributed by atoms with Gasteiger partial charge in [-0.05, 0) is 88.8 Å². The van der Waals surface area contributed by atoms with Gasteiger partial charge in [-0.1, -0.05) is 6.92 Å². The van der Waals surface area contributed by atoms with Crippen LogP contribution >= 0.6 is 11.3 Å². The zero-order valence-corrected chi connectivity index (χ0v) is 26.8. The Balaban J connectivity index is 1.23. The Labute approximate surface area is 267 Å². The highest BCUT2D eigenvalue weighted by atomic mass is 32.1. The van der Waals surface area contributed by atoms with Gasteiger partial charge < -0.3 is 20.4 Å². The third kappa shape index (κ3) is 6.20. The fourth-order valence-electron chi connectivity index (χ4n) is 6.51. The summed E-state index contributed by atoms with van der Waals surface area (Å²) in [7, 11) is 2.16. The number of anilines is 3. The molecule has 10 nitrogen and oxygen atoms in total. The SMILES string of the molecule is CCN1CCC(n2c(=O)c(-c3nc(-c4ccncc4)sc3C)cc3cnc(Nc4ccc(NC5CCN(C)C5)cc4)nc32)CC1. The van der Waals surface area contributed by atoms with Crippen molar-refractivity contribution < 1.29 is 0 Å². The summed E-state index contributed by atoms with van der Waals surface area (Å²) in [6, 6.07) is 14.6. The van der Waals surface area contributed by atoms with E-state index in [2.05, 4.69) is 56.5 Å². The number of thiazole rings is 1. The van der Waals surface area contributed by atoms with Gasteiger partial charge in [0.05, 0.1) is 11.3 Å². The Hall–Kier alpha value is -4.19. The lowest BCUT2D eigenvalue weighted by Gasteiger charge is -2.32. The minimum atomic E-state index is -0.0511. The van der Waals surface area contributed by atoms with Gasteiger partial charge in [0.2, 0.25) is 5.95 Å². The first-order valence-corrected chi connectivity index (χ1v) is 16.6. The summed E-state index contributed by atoms with van der Waals surface area (Å²) in [5, 5.41) is 8.70. The maximum Gasteiger partial charge on any atom is 0.261 e. The van der Waals surface area contributed by atoms with E-state index in [1.807, 2.05) is 48.0 Å². The second kappa shape index (κ2) is 12.7. The molecule has 232 valence electrons. The molecule has 0 spiro atoms. The Morgan fingerprint density at radius 2 is 1.73 bits per heavy atom. The molecule has 0 aliphatic carbocycles. The number of fused-ring (bicyclic) bond motifs is 1. The largest absolute Gasteiger partial charge is 0.381 e. The lowest BCUT2D eigenvalue weighted by molar-refractivity contribution is 0.195. The van der Waals surface area contributed by atoms with Crippen LogP contribution in [0.1, 0.15) is 37.1 Å². The van der Waals surface area contributed by atoms with Gasteiger partial charge in [-0.3, -0.25) is 14.3 Å². The van der Waals surface area contributed by atoms with Crippen molar-refractivity contribution in [2.75, 3.05) is 50.4 Å². The molecule has 2 saturated heterocycles. The average molecular weight is 622 g/mol. The number of likely N-dealkylation sites (tertiary alicyclic amines) is 2. The van der Waals surface area contributed by atoms with Crippen molar-refractivity contribution in [3.05, 3.63) is 76.3 Å². The van der Waals surface area contributed by atoms with Crippen molar-refractivity contribution in [1.29, 1.82) is 0 Å². The van der Waals surface area contributed by atoms with Gasteiger partial charge in [-0.15, -0.1) is 11.3 Å². The first-order valence-electron chi connectivity index (χ1n) is 15.8. The molecule has 2 aliphatic heterocycles. The van der Waals surface area contributed by atoms with Crippen molar-refractivity contribution in [2.24, 2.45) is 0 Å². The zero-order chi connectivity index (χ0) is 30.9. The number of nitrogens with zero attached hydrogens (tertiary/aromatic N) is 7. The molecule has 1 unspecified atom stereocenters. The van der Waals surface area contributed by atoms with Gasteiger partial charge in [0, 0.05) is 77.5 Å². The van der Waals surface area contributed by atoms with Crippen LogP contribution in [-0.2, 0) is 0 Å². The van der Waals surface area contributed by atoms with Crippen LogP contribution in [0.5, 0.6) is 0 Å². The fraction of sp³-hybridized carbons (Fsp3) is 0.382.